The zero-order valence-corrected chi connectivity index (χ0v) is 15.0. The van der Waals surface area contributed by atoms with Crippen molar-refractivity contribution in [3.05, 3.63) is 46.8 Å². The van der Waals surface area contributed by atoms with Gasteiger partial charge in [-0.1, -0.05) is 0 Å². The molecule has 0 atom stereocenters. The fourth-order valence-corrected chi connectivity index (χ4v) is 2.44. The summed E-state index contributed by atoms with van der Waals surface area (Å²) in [5, 5.41) is 7.25. The first-order valence-corrected chi connectivity index (χ1v) is 8.60. The van der Waals surface area contributed by atoms with Crippen molar-refractivity contribution in [2.45, 2.75) is 46.2 Å². The fourth-order valence-electron chi connectivity index (χ4n) is 2.44. The molecule has 0 spiro atoms. The summed E-state index contributed by atoms with van der Waals surface area (Å²) < 4.78 is 6.84. The monoisotopic (exact) mass is 343 g/mol. The lowest BCUT2D eigenvalue weighted by molar-refractivity contribution is -0.121. The predicted octanol–water partition coefficient (Wildman–Crippen LogP) is 2.61. The summed E-state index contributed by atoms with van der Waals surface area (Å²) in [6.07, 6.45) is 0.942. The van der Waals surface area contributed by atoms with Crippen LogP contribution in [0.5, 0.6) is 5.75 Å². The SMILES string of the molecule is CCOc1ccc(-c2ccc(=O)n(CCCC(=O)NC(C)C)n2)cc1. The van der Waals surface area contributed by atoms with E-state index in [1.807, 2.05) is 45.0 Å². The molecule has 1 aromatic heterocycles. The molecule has 0 unspecified atom stereocenters. The highest BCUT2D eigenvalue weighted by Crippen LogP contribution is 2.19. The van der Waals surface area contributed by atoms with Crippen LogP contribution in [-0.2, 0) is 11.3 Å². The van der Waals surface area contributed by atoms with Gasteiger partial charge in [-0.2, -0.15) is 5.10 Å². The molecule has 0 saturated heterocycles. The van der Waals surface area contributed by atoms with Crippen molar-refractivity contribution in [1.29, 1.82) is 0 Å². The molecule has 2 aromatic rings. The summed E-state index contributed by atoms with van der Waals surface area (Å²) in [5.41, 5.74) is 1.46. The Bertz CT molecular complexity index is 751. The topological polar surface area (TPSA) is 73.2 Å². The van der Waals surface area contributed by atoms with Crippen LogP contribution in [0.15, 0.2) is 41.2 Å². The number of carbonyl (C=O) groups excluding carboxylic acids is 1. The third kappa shape index (κ3) is 5.74. The number of hydrogen-bond acceptors (Lipinski definition) is 4. The van der Waals surface area contributed by atoms with E-state index in [1.54, 1.807) is 6.07 Å². The normalized spacial score (nSPS) is 10.7. The van der Waals surface area contributed by atoms with Crippen LogP contribution in [0.2, 0.25) is 0 Å². The van der Waals surface area contributed by atoms with Crippen LogP contribution in [-0.4, -0.2) is 28.3 Å². The number of aryl methyl sites for hydroxylation is 1. The summed E-state index contributed by atoms with van der Waals surface area (Å²) in [7, 11) is 0. The predicted molar refractivity (Wildman–Crippen MR) is 97.6 cm³/mol. The van der Waals surface area contributed by atoms with Gasteiger partial charge < -0.3 is 10.1 Å². The lowest BCUT2D eigenvalue weighted by Crippen LogP contribution is -2.30. The molecule has 0 bridgehead atoms. The maximum absolute atomic E-state index is 12.0. The van der Waals surface area contributed by atoms with Gasteiger partial charge in [0.2, 0.25) is 5.91 Å². The summed E-state index contributed by atoms with van der Waals surface area (Å²) in [6.45, 7) is 6.81. The zero-order valence-electron chi connectivity index (χ0n) is 15.0. The second-order valence-electron chi connectivity index (χ2n) is 6.06. The van der Waals surface area contributed by atoms with Crippen LogP contribution in [0.1, 0.15) is 33.6 Å². The number of rotatable bonds is 8. The van der Waals surface area contributed by atoms with Crippen molar-refractivity contribution in [1.82, 2.24) is 15.1 Å². The van der Waals surface area contributed by atoms with Crippen LogP contribution in [0, 0.1) is 0 Å². The van der Waals surface area contributed by atoms with Gasteiger partial charge in [-0.3, -0.25) is 9.59 Å². The number of nitrogens with one attached hydrogen (secondary N) is 1. The third-order valence-electron chi connectivity index (χ3n) is 3.55. The van der Waals surface area contributed by atoms with Gasteiger partial charge in [0.1, 0.15) is 5.75 Å². The second kappa shape index (κ2) is 9.01. The van der Waals surface area contributed by atoms with Crippen molar-refractivity contribution < 1.29 is 9.53 Å². The van der Waals surface area contributed by atoms with E-state index in [-0.39, 0.29) is 17.5 Å². The van der Waals surface area contributed by atoms with Crippen LogP contribution in [0.4, 0.5) is 0 Å². The first kappa shape index (κ1) is 18.7. The number of carbonyl (C=O) groups is 1. The molecule has 0 aliphatic rings. The Kier molecular flexibility index (Phi) is 6.74. The van der Waals surface area contributed by atoms with Gasteiger partial charge in [-0.05, 0) is 57.5 Å². The van der Waals surface area contributed by atoms with Crippen molar-refractivity contribution in [3.8, 4) is 17.0 Å². The third-order valence-corrected chi connectivity index (χ3v) is 3.55. The molecule has 6 nitrogen and oxygen atoms in total. The van der Waals surface area contributed by atoms with Crippen LogP contribution >= 0.6 is 0 Å². The summed E-state index contributed by atoms with van der Waals surface area (Å²) in [5.74, 6) is 0.793. The first-order chi connectivity index (χ1) is 12.0. The Hall–Kier alpha value is -2.63. The fraction of sp³-hybridized carbons (Fsp3) is 0.421. The lowest BCUT2D eigenvalue weighted by atomic mass is 10.1. The van der Waals surface area contributed by atoms with Gasteiger partial charge >= 0.3 is 0 Å². The Morgan fingerprint density at radius 3 is 2.56 bits per heavy atom. The number of amides is 1. The van der Waals surface area contributed by atoms with Crippen molar-refractivity contribution in [2.24, 2.45) is 0 Å². The molecule has 134 valence electrons. The Morgan fingerprint density at radius 2 is 1.92 bits per heavy atom. The standard InChI is InChI=1S/C19H25N3O3/c1-4-25-16-9-7-15(8-10-16)17-11-12-19(24)22(21-17)13-5-6-18(23)20-14(2)3/h7-12,14H,4-6,13H2,1-3H3,(H,20,23). The van der Waals surface area contributed by atoms with E-state index in [9.17, 15) is 9.59 Å². The molecule has 0 aliphatic heterocycles. The molecule has 1 aromatic carbocycles. The maximum atomic E-state index is 12.0. The smallest absolute Gasteiger partial charge is 0.266 e. The van der Waals surface area contributed by atoms with E-state index in [2.05, 4.69) is 10.4 Å². The van der Waals surface area contributed by atoms with Gasteiger partial charge in [0.25, 0.3) is 5.56 Å². The highest BCUT2D eigenvalue weighted by molar-refractivity contribution is 5.76. The van der Waals surface area contributed by atoms with Gasteiger partial charge in [0.05, 0.1) is 12.3 Å². The average Bonchev–Trinajstić information content (AvgIpc) is 2.57. The van der Waals surface area contributed by atoms with E-state index < -0.39 is 0 Å². The molecule has 0 aliphatic carbocycles. The van der Waals surface area contributed by atoms with Crippen LogP contribution in [0.3, 0.4) is 0 Å². The highest BCUT2D eigenvalue weighted by atomic mass is 16.5. The van der Waals surface area contributed by atoms with Gasteiger partial charge in [0.15, 0.2) is 0 Å². The number of hydrogen-bond donors (Lipinski definition) is 1. The van der Waals surface area contributed by atoms with E-state index in [1.165, 1.54) is 10.7 Å². The van der Waals surface area contributed by atoms with Gasteiger partial charge in [0, 0.05) is 30.6 Å². The van der Waals surface area contributed by atoms with E-state index >= 15 is 0 Å². The Labute approximate surface area is 147 Å². The van der Waals surface area contributed by atoms with Crippen LogP contribution < -0.4 is 15.6 Å². The first-order valence-electron chi connectivity index (χ1n) is 8.60. The number of aromatic nitrogens is 2. The minimum Gasteiger partial charge on any atom is -0.494 e. The number of benzene rings is 1. The molecule has 0 saturated carbocycles. The quantitative estimate of drug-likeness (QED) is 0.800. The molecular weight excluding hydrogens is 318 g/mol. The molecular formula is C19H25N3O3. The molecule has 1 N–H and O–H groups in total. The van der Waals surface area contributed by atoms with Crippen molar-refractivity contribution in [2.75, 3.05) is 6.61 Å². The van der Waals surface area contributed by atoms with E-state index in [0.29, 0.717) is 31.7 Å². The lowest BCUT2D eigenvalue weighted by Gasteiger charge is -2.10. The Balaban J connectivity index is 2.04. The van der Waals surface area contributed by atoms with Crippen LogP contribution in [0.25, 0.3) is 11.3 Å². The van der Waals surface area contributed by atoms with E-state index in [0.717, 1.165) is 11.3 Å². The zero-order chi connectivity index (χ0) is 18.2. The molecule has 6 heteroatoms. The Morgan fingerprint density at radius 1 is 1.20 bits per heavy atom. The van der Waals surface area contributed by atoms with Gasteiger partial charge in [-0.15, -0.1) is 0 Å². The maximum Gasteiger partial charge on any atom is 0.266 e. The average molecular weight is 343 g/mol. The highest BCUT2D eigenvalue weighted by Gasteiger charge is 2.06. The van der Waals surface area contributed by atoms with Crippen molar-refractivity contribution in [3.63, 3.8) is 0 Å². The molecule has 25 heavy (non-hydrogen) atoms. The minimum atomic E-state index is -0.168. The van der Waals surface area contributed by atoms with Crippen molar-refractivity contribution >= 4 is 5.91 Å². The molecule has 2 rings (SSSR count). The summed E-state index contributed by atoms with van der Waals surface area (Å²) in [6, 6.07) is 10.9. The largest absolute Gasteiger partial charge is 0.494 e. The van der Waals surface area contributed by atoms with Gasteiger partial charge in [-0.25, -0.2) is 4.68 Å². The number of nitrogens with zero attached hydrogens (tertiary/aromatic N) is 2. The molecule has 1 heterocycles. The molecule has 0 radical (unpaired) electrons. The van der Waals surface area contributed by atoms with E-state index in [4.69, 9.17) is 4.74 Å². The summed E-state index contributed by atoms with van der Waals surface area (Å²) >= 11 is 0. The number of ether oxygens (including phenoxy) is 1. The summed E-state index contributed by atoms with van der Waals surface area (Å²) in [4.78, 5) is 23.6. The second-order valence-corrected chi connectivity index (χ2v) is 6.06. The minimum absolute atomic E-state index is 0.00860. The molecule has 0 fully saturated rings. The molecule has 1 amide bonds.